The van der Waals surface area contributed by atoms with Crippen LogP contribution in [0.1, 0.15) is 29.1 Å². The maximum absolute atomic E-state index is 11.3. The number of amides is 1. The highest BCUT2D eigenvalue weighted by atomic mass is 16.5. The molecule has 2 rings (SSSR count). The van der Waals surface area contributed by atoms with Crippen molar-refractivity contribution in [3.05, 3.63) is 17.5 Å². The molecule has 18 heavy (non-hydrogen) atoms. The molecule has 1 aliphatic carbocycles. The number of carboxylic acid groups (broad SMARTS) is 1. The molecule has 7 nitrogen and oxygen atoms in total. The van der Waals surface area contributed by atoms with Gasteiger partial charge in [-0.2, -0.15) is 0 Å². The van der Waals surface area contributed by atoms with Crippen LogP contribution in [0.3, 0.4) is 0 Å². The molecule has 3 N–H and O–H groups in total. The number of carbonyl (C=O) groups excluding carboxylic acids is 1. The molecule has 98 valence electrons. The summed E-state index contributed by atoms with van der Waals surface area (Å²) < 4.78 is 4.82. The van der Waals surface area contributed by atoms with Crippen molar-refractivity contribution in [2.24, 2.45) is 5.92 Å². The van der Waals surface area contributed by atoms with Crippen LogP contribution in [0, 0.1) is 5.92 Å². The summed E-state index contributed by atoms with van der Waals surface area (Å²) in [6.45, 7) is 1.54. The summed E-state index contributed by atoms with van der Waals surface area (Å²) in [4.78, 5) is 21.8. The van der Waals surface area contributed by atoms with E-state index in [0.29, 0.717) is 25.4 Å². The van der Waals surface area contributed by atoms with Crippen molar-refractivity contribution in [3.63, 3.8) is 0 Å². The average Bonchev–Trinajstić information content (AvgIpc) is 3.08. The lowest BCUT2D eigenvalue weighted by molar-refractivity contribution is -0.122. The molecule has 0 aromatic carbocycles. The van der Waals surface area contributed by atoms with E-state index in [0.717, 1.165) is 12.8 Å². The Balaban J connectivity index is 1.59. The summed E-state index contributed by atoms with van der Waals surface area (Å²) >= 11 is 0. The maximum Gasteiger partial charge on any atom is 0.358 e. The van der Waals surface area contributed by atoms with Gasteiger partial charge in [0.05, 0.1) is 6.54 Å². The second kappa shape index (κ2) is 5.63. The van der Waals surface area contributed by atoms with Crippen molar-refractivity contribution in [1.82, 2.24) is 15.8 Å². The Morgan fingerprint density at radius 3 is 2.83 bits per heavy atom. The molecule has 7 heteroatoms. The van der Waals surface area contributed by atoms with Gasteiger partial charge in [-0.3, -0.25) is 4.79 Å². The van der Waals surface area contributed by atoms with Crippen LogP contribution in [0.25, 0.3) is 0 Å². The summed E-state index contributed by atoms with van der Waals surface area (Å²) in [5, 5.41) is 17.9. The summed E-state index contributed by atoms with van der Waals surface area (Å²) in [5.41, 5.74) is -0.103. The van der Waals surface area contributed by atoms with E-state index in [1.807, 2.05) is 0 Å². The molecule has 0 atom stereocenters. The van der Waals surface area contributed by atoms with Crippen LogP contribution in [0.4, 0.5) is 0 Å². The van der Waals surface area contributed by atoms with Crippen LogP contribution < -0.4 is 10.6 Å². The number of carbonyl (C=O) groups is 2. The minimum absolute atomic E-state index is 0.103. The van der Waals surface area contributed by atoms with Crippen LogP contribution in [0.5, 0.6) is 0 Å². The van der Waals surface area contributed by atoms with E-state index in [1.165, 1.54) is 6.07 Å². The molecule has 1 fully saturated rings. The Morgan fingerprint density at radius 1 is 1.44 bits per heavy atom. The Labute approximate surface area is 104 Å². The lowest BCUT2D eigenvalue weighted by Gasteiger charge is -2.04. The molecule has 0 saturated heterocycles. The third kappa shape index (κ3) is 3.56. The third-order valence-electron chi connectivity index (χ3n) is 2.63. The van der Waals surface area contributed by atoms with Gasteiger partial charge in [-0.05, 0) is 12.8 Å². The molecule has 1 saturated carbocycles. The molecule has 1 heterocycles. The minimum Gasteiger partial charge on any atom is -0.476 e. The van der Waals surface area contributed by atoms with Crippen molar-refractivity contribution >= 4 is 11.9 Å². The zero-order valence-corrected chi connectivity index (χ0v) is 9.81. The number of hydrogen-bond donors (Lipinski definition) is 3. The zero-order chi connectivity index (χ0) is 13.0. The average molecular weight is 253 g/mol. The molecule has 0 bridgehead atoms. The van der Waals surface area contributed by atoms with Gasteiger partial charge in [-0.15, -0.1) is 0 Å². The first kappa shape index (κ1) is 12.6. The van der Waals surface area contributed by atoms with E-state index in [-0.39, 0.29) is 17.5 Å². The van der Waals surface area contributed by atoms with Crippen molar-refractivity contribution in [3.8, 4) is 0 Å². The molecular formula is C11H15N3O4. The van der Waals surface area contributed by atoms with E-state index < -0.39 is 5.97 Å². The number of carboxylic acids is 1. The van der Waals surface area contributed by atoms with Gasteiger partial charge in [0.25, 0.3) is 0 Å². The van der Waals surface area contributed by atoms with E-state index in [4.69, 9.17) is 9.63 Å². The predicted molar refractivity (Wildman–Crippen MR) is 60.9 cm³/mol. The van der Waals surface area contributed by atoms with Crippen LogP contribution >= 0.6 is 0 Å². The highest BCUT2D eigenvalue weighted by molar-refractivity contribution is 5.85. The van der Waals surface area contributed by atoms with E-state index in [1.54, 1.807) is 0 Å². The van der Waals surface area contributed by atoms with Gasteiger partial charge >= 0.3 is 5.97 Å². The Hall–Kier alpha value is -1.89. The van der Waals surface area contributed by atoms with Gasteiger partial charge in [-0.25, -0.2) is 4.79 Å². The second-order valence-corrected chi connectivity index (χ2v) is 4.23. The molecular weight excluding hydrogens is 238 g/mol. The van der Waals surface area contributed by atoms with E-state index in [2.05, 4.69) is 15.8 Å². The first-order chi connectivity index (χ1) is 8.66. The van der Waals surface area contributed by atoms with Gasteiger partial charge < -0.3 is 20.3 Å². The Morgan fingerprint density at radius 2 is 2.22 bits per heavy atom. The molecule has 1 aromatic heterocycles. The third-order valence-corrected chi connectivity index (χ3v) is 2.63. The molecule has 0 unspecified atom stereocenters. The smallest absolute Gasteiger partial charge is 0.358 e. The number of aromatic nitrogens is 1. The first-order valence-corrected chi connectivity index (χ1v) is 5.84. The Kier molecular flexibility index (Phi) is 3.93. The second-order valence-electron chi connectivity index (χ2n) is 4.23. The maximum atomic E-state index is 11.3. The van der Waals surface area contributed by atoms with Crippen molar-refractivity contribution in [2.75, 3.05) is 13.1 Å². The summed E-state index contributed by atoms with van der Waals surface area (Å²) in [7, 11) is 0. The molecule has 1 aromatic rings. The van der Waals surface area contributed by atoms with Crippen LogP contribution in [-0.2, 0) is 11.3 Å². The number of nitrogens with one attached hydrogen (secondary N) is 2. The van der Waals surface area contributed by atoms with Crippen molar-refractivity contribution < 1.29 is 19.2 Å². The first-order valence-electron chi connectivity index (χ1n) is 5.84. The van der Waals surface area contributed by atoms with Gasteiger partial charge in [0.2, 0.25) is 5.91 Å². The molecule has 0 aliphatic heterocycles. The Bertz CT molecular complexity index is 439. The lowest BCUT2D eigenvalue weighted by atomic mass is 10.3. The highest BCUT2D eigenvalue weighted by Crippen LogP contribution is 2.28. The van der Waals surface area contributed by atoms with Gasteiger partial charge in [0.1, 0.15) is 0 Å². The zero-order valence-electron chi connectivity index (χ0n) is 9.81. The standard InChI is InChI=1S/C11H15N3O4/c15-10(7-1-2-7)13-4-3-12-6-8-5-9(11(16)17)14-18-8/h5,7,12H,1-4,6H2,(H,13,15)(H,16,17). The number of aromatic carboxylic acids is 1. The molecule has 0 radical (unpaired) electrons. The molecule has 0 spiro atoms. The van der Waals surface area contributed by atoms with Gasteiger partial charge in [0, 0.05) is 25.1 Å². The predicted octanol–water partition coefficient (Wildman–Crippen LogP) is -0.0114. The van der Waals surface area contributed by atoms with Crippen LogP contribution in [-0.4, -0.2) is 35.2 Å². The largest absolute Gasteiger partial charge is 0.476 e. The summed E-state index contributed by atoms with van der Waals surface area (Å²) in [6, 6.07) is 1.37. The normalized spacial score (nSPS) is 14.4. The van der Waals surface area contributed by atoms with Gasteiger partial charge in [0.15, 0.2) is 11.5 Å². The SMILES string of the molecule is O=C(O)c1cc(CNCCNC(=O)C2CC2)on1. The van der Waals surface area contributed by atoms with Gasteiger partial charge in [-0.1, -0.05) is 5.16 Å². The monoisotopic (exact) mass is 253 g/mol. The number of rotatable bonds is 7. The van der Waals surface area contributed by atoms with E-state index >= 15 is 0 Å². The fourth-order valence-corrected chi connectivity index (χ4v) is 1.47. The molecule has 1 amide bonds. The fraction of sp³-hybridized carbons (Fsp3) is 0.545. The van der Waals surface area contributed by atoms with Crippen LogP contribution in [0.15, 0.2) is 10.6 Å². The van der Waals surface area contributed by atoms with Crippen molar-refractivity contribution in [2.45, 2.75) is 19.4 Å². The summed E-state index contributed by atoms with van der Waals surface area (Å²) in [5.74, 6) is -0.315. The number of hydrogen-bond acceptors (Lipinski definition) is 5. The van der Waals surface area contributed by atoms with Crippen molar-refractivity contribution in [1.29, 1.82) is 0 Å². The van der Waals surface area contributed by atoms with Crippen LogP contribution in [0.2, 0.25) is 0 Å². The lowest BCUT2D eigenvalue weighted by Crippen LogP contribution is -2.32. The topological polar surface area (TPSA) is 104 Å². The number of nitrogens with zero attached hydrogens (tertiary/aromatic N) is 1. The van der Waals surface area contributed by atoms with E-state index in [9.17, 15) is 9.59 Å². The minimum atomic E-state index is -1.11. The summed E-state index contributed by atoms with van der Waals surface area (Å²) in [6.07, 6.45) is 1.99. The highest BCUT2D eigenvalue weighted by Gasteiger charge is 2.28. The quantitative estimate of drug-likeness (QED) is 0.590. The molecule has 1 aliphatic rings. The fourth-order valence-electron chi connectivity index (χ4n) is 1.47.